The lowest BCUT2D eigenvalue weighted by Gasteiger charge is -2.07. The van der Waals surface area contributed by atoms with Crippen molar-refractivity contribution in [2.75, 3.05) is 7.11 Å². The highest BCUT2D eigenvalue weighted by Gasteiger charge is 2.09. The Hall–Kier alpha value is -2.45. The average molecular weight is 406 g/mol. The van der Waals surface area contributed by atoms with Crippen molar-refractivity contribution < 1.29 is 9.84 Å². The molecule has 0 unspecified atom stereocenters. The summed E-state index contributed by atoms with van der Waals surface area (Å²) in [6.07, 6.45) is 1.35. The van der Waals surface area contributed by atoms with E-state index in [1.807, 2.05) is 6.07 Å². The molecule has 2 N–H and O–H groups in total. The number of rotatable bonds is 3. The van der Waals surface area contributed by atoms with Crippen molar-refractivity contribution in [3.8, 4) is 11.5 Å². The summed E-state index contributed by atoms with van der Waals surface area (Å²) in [4.78, 5) is 15.5. The van der Waals surface area contributed by atoms with Gasteiger partial charge in [0.15, 0.2) is 11.5 Å². The number of phenolic OH excluding ortho intramolecular Hbond substituents is 1. The summed E-state index contributed by atoms with van der Waals surface area (Å²) in [7, 11) is 1.45. The van der Waals surface area contributed by atoms with Gasteiger partial charge in [-0.25, -0.2) is 0 Å². The van der Waals surface area contributed by atoms with E-state index in [1.54, 1.807) is 30.3 Å². The number of aromatic amines is 1. The molecule has 0 radical (unpaired) electrons. The number of ether oxygens (including phenoxy) is 1. The summed E-state index contributed by atoms with van der Waals surface area (Å²) < 4.78 is 7.03. The van der Waals surface area contributed by atoms with Gasteiger partial charge >= 0.3 is 0 Å². The average Bonchev–Trinajstić information content (AvgIpc) is 2.57. The number of methoxy groups -OCH3 is 1. The van der Waals surface area contributed by atoms with Crippen LogP contribution in [0.2, 0.25) is 0 Å². The molecular weight excluding hydrogens is 394 g/mol. The van der Waals surface area contributed by atoms with E-state index in [9.17, 15) is 9.90 Å². The Morgan fingerprint density at radius 1 is 1.38 bits per heavy atom. The van der Waals surface area contributed by atoms with Crippen LogP contribution in [0.25, 0.3) is 10.9 Å². The Morgan fingerprint density at radius 3 is 2.88 bits per heavy atom. The fraction of sp³-hybridized carbons (Fsp3) is 0.0625. The van der Waals surface area contributed by atoms with Gasteiger partial charge in [-0.05, 0) is 36.5 Å². The SMILES string of the molecule is COc1cc(Br)cc(/C=N/n2c(=S)[nH]c3ccccc3c2=O)c1O. The minimum atomic E-state index is -0.341. The molecule has 6 nitrogen and oxygen atoms in total. The maximum Gasteiger partial charge on any atom is 0.282 e. The van der Waals surface area contributed by atoms with E-state index in [4.69, 9.17) is 17.0 Å². The first-order valence-corrected chi connectivity index (χ1v) is 8.06. The van der Waals surface area contributed by atoms with Crippen LogP contribution < -0.4 is 10.3 Å². The molecule has 24 heavy (non-hydrogen) atoms. The topological polar surface area (TPSA) is 79.6 Å². The molecule has 0 saturated heterocycles. The summed E-state index contributed by atoms with van der Waals surface area (Å²) in [6, 6.07) is 10.3. The quantitative estimate of drug-likeness (QED) is 0.516. The predicted molar refractivity (Wildman–Crippen MR) is 98.7 cm³/mol. The van der Waals surface area contributed by atoms with Gasteiger partial charge in [0, 0.05) is 10.0 Å². The minimum absolute atomic E-state index is 0.0758. The number of H-pyrrole nitrogens is 1. The van der Waals surface area contributed by atoms with Crippen LogP contribution in [-0.4, -0.2) is 28.1 Å². The van der Waals surface area contributed by atoms with E-state index in [-0.39, 0.29) is 16.1 Å². The molecule has 0 saturated carbocycles. The van der Waals surface area contributed by atoms with E-state index in [2.05, 4.69) is 26.0 Å². The second-order valence-electron chi connectivity index (χ2n) is 4.88. The Labute approximate surface area is 150 Å². The molecule has 0 aliphatic rings. The highest BCUT2D eigenvalue weighted by Crippen LogP contribution is 2.32. The van der Waals surface area contributed by atoms with Crippen LogP contribution in [0.15, 0.2) is 50.8 Å². The van der Waals surface area contributed by atoms with Crippen LogP contribution in [0.3, 0.4) is 0 Å². The van der Waals surface area contributed by atoms with Gasteiger partial charge in [-0.15, -0.1) is 0 Å². The van der Waals surface area contributed by atoms with Crippen LogP contribution in [0.4, 0.5) is 0 Å². The molecule has 0 amide bonds. The van der Waals surface area contributed by atoms with Gasteiger partial charge in [0.2, 0.25) is 4.77 Å². The minimum Gasteiger partial charge on any atom is -0.504 e. The van der Waals surface area contributed by atoms with Crippen LogP contribution >= 0.6 is 28.1 Å². The number of hydrogen-bond acceptors (Lipinski definition) is 5. The number of fused-ring (bicyclic) bond motifs is 1. The number of hydrogen-bond donors (Lipinski definition) is 2. The van der Waals surface area contributed by atoms with Crippen LogP contribution in [0.5, 0.6) is 11.5 Å². The highest BCUT2D eigenvalue weighted by atomic mass is 79.9. The third-order valence-electron chi connectivity index (χ3n) is 3.39. The monoisotopic (exact) mass is 405 g/mol. The number of halogens is 1. The first-order valence-electron chi connectivity index (χ1n) is 6.86. The molecule has 0 aliphatic carbocycles. The van der Waals surface area contributed by atoms with E-state index >= 15 is 0 Å². The summed E-state index contributed by atoms with van der Waals surface area (Å²) in [5.74, 6) is 0.218. The molecule has 0 fully saturated rings. The number of phenols is 1. The second-order valence-corrected chi connectivity index (χ2v) is 6.19. The largest absolute Gasteiger partial charge is 0.504 e. The fourth-order valence-corrected chi connectivity index (χ4v) is 2.92. The fourth-order valence-electron chi connectivity index (χ4n) is 2.23. The van der Waals surface area contributed by atoms with E-state index in [0.29, 0.717) is 26.7 Å². The molecular formula is C16H12BrN3O3S. The number of nitrogens with zero attached hydrogens (tertiary/aromatic N) is 2. The Bertz CT molecular complexity index is 1070. The zero-order valence-electron chi connectivity index (χ0n) is 12.5. The smallest absolute Gasteiger partial charge is 0.282 e. The van der Waals surface area contributed by atoms with Gasteiger partial charge in [0.05, 0.1) is 24.2 Å². The standard InChI is InChI=1S/C16H12BrN3O3S/c1-23-13-7-10(17)6-9(14(13)21)8-18-20-15(22)11-4-2-3-5-12(11)19-16(20)24/h2-8,21H,1H3,(H,19,24)/b18-8+. The summed E-state index contributed by atoms with van der Waals surface area (Å²) >= 11 is 8.51. The molecule has 0 atom stereocenters. The molecule has 2 aromatic carbocycles. The zero-order valence-corrected chi connectivity index (χ0v) is 14.9. The maximum absolute atomic E-state index is 12.5. The van der Waals surface area contributed by atoms with E-state index < -0.39 is 0 Å². The third kappa shape index (κ3) is 2.98. The Morgan fingerprint density at radius 2 is 2.12 bits per heavy atom. The number of aromatic hydroxyl groups is 1. The maximum atomic E-state index is 12.5. The van der Waals surface area contributed by atoms with Crippen molar-refractivity contribution >= 4 is 45.3 Å². The molecule has 0 spiro atoms. The van der Waals surface area contributed by atoms with Crippen LogP contribution in [0, 0.1) is 4.77 Å². The van der Waals surface area contributed by atoms with Gasteiger partial charge in [0.1, 0.15) is 0 Å². The lowest BCUT2D eigenvalue weighted by molar-refractivity contribution is 0.373. The Kier molecular flexibility index (Phi) is 4.50. The Balaban J connectivity index is 2.14. The number of nitrogens with one attached hydrogen (secondary N) is 1. The first kappa shape index (κ1) is 16.4. The molecule has 1 heterocycles. The van der Waals surface area contributed by atoms with Crippen LogP contribution in [0.1, 0.15) is 5.56 Å². The molecule has 0 aliphatic heterocycles. The summed E-state index contributed by atoms with van der Waals surface area (Å²) in [5.41, 5.74) is 0.689. The van der Waals surface area contributed by atoms with Crippen molar-refractivity contribution in [3.63, 3.8) is 0 Å². The van der Waals surface area contributed by atoms with Gasteiger partial charge in [0.25, 0.3) is 5.56 Å². The number of aromatic nitrogens is 2. The molecule has 3 aromatic rings. The molecule has 122 valence electrons. The lowest BCUT2D eigenvalue weighted by atomic mass is 10.2. The van der Waals surface area contributed by atoms with E-state index in [1.165, 1.54) is 13.3 Å². The highest BCUT2D eigenvalue weighted by molar-refractivity contribution is 9.10. The van der Waals surface area contributed by atoms with Gasteiger partial charge in [-0.3, -0.25) is 4.79 Å². The normalized spacial score (nSPS) is 11.2. The first-order chi connectivity index (χ1) is 11.5. The second kappa shape index (κ2) is 6.58. The van der Waals surface area contributed by atoms with Crippen LogP contribution in [-0.2, 0) is 0 Å². The molecule has 3 rings (SSSR count). The predicted octanol–water partition coefficient (Wildman–Crippen LogP) is 3.42. The lowest BCUT2D eigenvalue weighted by Crippen LogP contribution is -2.18. The van der Waals surface area contributed by atoms with Crippen molar-refractivity contribution in [1.29, 1.82) is 0 Å². The number of benzene rings is 2. The van der Waals surface area contributed by atoms with Crippen molar-refractivity contribution in [3.05, 3.63) is 61.6 Å². The summed E-state index contributed by atoms with van der Waals surface area (Å²) in [5, 5.41) is 14.7. The van der Waals surface area contributed by atoms with Crippen molar-refractivity contribution in [1.82, 2.24) is 9.66 Å². The number of para-hydroxylation sites is 1. The zero-order chi connectivity index (χ0) is 17.3. The third-order valence-corrected chi connectivity index (χ3v) is 4.12. The van der Waals surface area contributed by atoms with Crippen molar-refractivity contribution in [2.24, 2.45) is 5.10 Å². The molecule has 1 aromatic heterocycles. The molecule has 0 bridgehead atoms. The van der Waals surface area contributed by atoms with Crippen molar-refractivity contribution in [2.45, 2.75) is 0 Å². The van der Waals surface area contributed by atoms with E-state index in [0.717, 1.165) is 4.68 Å². The van der Waals surface area contributed by atoms with Gasteiger partial charge in [-0.2, -0.15) is 9.78 Å². The molecule has 8 heteroatoms. The van der Waals surface area contributed by atoms with Gasteiger partial charge in [-0.1, -0.05) is 28.1 Å². The van der Waals surface area contributed by atoms with Gasteiger partial charge < -0.3 is 14.8 Å². The summed E-state index contributed by atoms with van der Waals surface area (Å²) in [6.45, 7) is 0.